The number of hydrogen-bond acceptors (Lipinski definition) is 6. The lowest BCUT2D eigenvalue weighted by Gasteiger charge is -2.21. The third-order valence-corrected chi connectivity index (χ3v) is 5.70. The predicted octanol–water partition coefficient (Wildman–Crippen LogP) is 4.74. The van der Waals surface area contributed by atoms with Gasteiger partial charge in [0.05, 0.1) is 5.69 Å². The number of anilines is 1. The minimum absolute atomic E-state index is 0.0185. The quantitative estimate of drug-likeness (QED) is 0.225. The molecule has 0 unspecified atom stereocenters. The molecule has 0 fully saturated rings. The summed E-state index contributed by atoms with van der Waals surface area (Å²) in [6.45, 7) is 5.21. The number of fused-ring (bicyclic) bond motifs is 1. The van der Waals surface area contributed by atoms with Crippen molar-refractivity contribution in [1.29, 1.82) is 0 Å². The monoisotopic (exact) mass is 527 g/mol. The number of hydrogen-bond donors (Lipinski definition) is 3. The molecule has 3 aromatic heterocycles. The summed E-state index contributed by atoms with van der Waals surface area (Å²) in [6, 6.07) is 12.1. The van der Waals surface area contributed by atoms with E-state index in [1.165, 1.54) is 12.1 Å². The average molecular weight is 527 g/mol. The summed E-state index contributed by atoms with van der Waals surface area (Å²) >= 11 is 0. The van der Waals surface area contributed by atoms with Crippen LogP contribution in [-0.4, -0.2) is 52.1 Å². The zero-order valence-electron chi connectivity index (χ0n) is 21.7. The summed E-state index contributed by atoms with van der Waals surface area (Å²) in [5, 5.41) is 5.81. The Morgan fingerprint density at radius 3 is 2.36 bits per heavy atom. The highest BCUT2D eigenvalue weighted by Crippen LogP contribution is 2.38. The third kappa shape index (κ3) is 7.07. The smallest absolute Gasteiger partial charge is 0.306 e. The van der Waals surface area contributed by atoms with Crippen molar-refractivity contribution in [3.8, 4) is 22.4 Å². The van der Waals surface area contributed by atoms with E-state index in [1.54, 1.807) is 57.4 Å². The summed E-state index contributed by atoms with van der Waals surface area (Å²) in [5.74, 6) is -2.14. The Labute approximate surface area is 226 Å². The van der Waals surface area contributed by atoms with Crippen LogP contribution in [0.25, 0.3) is 33.4 Å². The zero-order chi connectivity index (χ0) is 28.2. The maximum atomic E-state index is 13.6. The van der Waals surface area contributed by atoms with E-state index < -0.39 is 29.3 Å². The van der Waals surface area contributed by atoms with Gasteiger partial charge in [0.15, 0.2) is 5.81 Å². The fourth-order valence-electron chi connectivity index (χ4n) is 4.10. The van der Waals surface area contributed by atoms with Gasteiger partial charge in [0.2, 0.25) is 13.8 Å². The second-order valence-electron chi connectivity index (χ2n) is 9.89. The second kappa shape index (κ2) is 11.5. The normalized spacial score (nSPS) is 12.1. The molecule has 0 aliphatic carbocycles. The van der Waals surface area contributed by atoms with Crippen LogP contribution in [0, 0.1) is 5.82 Å². The van der Waals surface area contributed by atoms with Crippen LogP contribution in [0.3, 0.4) is 0 Å². The first-order valence-electron chi connectivity index (χ1n) is 12.3. The topological polar surface area (TPSA) is 126 Å². The van der Waals surface area contributed by atoms with Gasteiger partial charge in [0.25, 0.3) is 0 Å². The largest absolute Gasteiger partial charge is 0.460 e. The Bertz CT molecular complexity index is 1500. The average Bonchev–Trinajstić information content (AvgIpc) is 3.25. The molecule has 0 aliphatic rings. The molecular formula is C28H27BFN5O4. The van der Waals surface area contributed by atoms with Crippen molar-refractivity contribution < 1.29 is 23.5 Å². The lowest BCUT2D eigenvalue weighted by Crippen LogP contribution is -2.44. The minimum Gasteiger partial charge on any atom is -0.460 e. The molecule has 0 aliphatic heterocycles. The van der Waals surface area contributed by atoms with Crippen LogP contribution in [0.4, 0.5) is 15.0 Å². The number of aromatic amines is 1. The van der Waals surface area contributed by atoms with E-state index >= 15 is 0 Å². The molecule has 0 saturated heterocycles. The maximum Gasteiger partial charge on any atom is 0.306 e. The number of amides is 2. The molecule has 198 valence electrons. The van der Waals surface area contributed by atoms with Crippen LogP contribution in [-0.2, 0) is 14.3 Å². The first-order valence-corrected chi connectivity index (χ1v) is 12.3. The van der Waals surface area contributed by atoms with E-state index in [0.717, 1.165) is 27.8 Å². The van der Waals surface area contributed by atoms with Crippen LogP contribution in [0.1, 0.15) is 33.6 Å². The van der Waals surface area contributed by atoms with Crippen molar-refractivity contribution in [2.45, 2.75) is 45.3 Å². The van der Waals surface area contributed by atoms with Crippen molar-refractivity contribution in [2.24, 2.45) is 0 Å². The number of ether oxygens (including phenoxy) is 1. The summed E-state index contributed by atoms with van der Waals surface area (Å²) in [6.07, 6.45) is 3.23. The van der Waals surface area contributed by atoms with Gasteiger partial charge in [-0.2, -0.15) is 0 Å². The first-order chi connectivity index (χ1) is 18.5. The predicted molar refractivity (Wildman–Crippen MR) is 147 cm³/mol. The summed E-state index contributed by atoms with van der Waals surface area (Å²) in [4.78, 5) is 48.6. The second-order valence-corrected chi connectivity index (χ2v) is 9.89. The molecule has 11 heteroatoms. The van der Waals surface area contributed by atoms with Crippen LogP contribution in [0.5, 0.6) is 0 Å². The van der Waals surface area contributed by atoms with Crippen LogP contribution in [0.2, 0.25) is 0 Å². The van der Waals surface area contributed by atoms with Crippen molar-refractivity contribution in [2.75, 3.05) is 5.32 Å². The standard InChI is InChI=1S/C28H27BFN5O4/c1-28(2,3)39-22(36)11-9-20(32-27(29)38)26(37)34-21-10-8-19-23(16-12-14-31-15-13-16)24(35-25(19)33-21)17-4-6-18(30)7-5-17/h4-8,10,12-15,20H,9,11H2,1-3H3,(H,32,38)(H2,33,34,35,37)/t20-/m0/s1. The Kier molecular flexibility index (Phi) is 8.08. The summed E-state index contributed by atoms with van der Waals surface area (Å²) < 4.78 is 18.9. The number of carbonyl (C=O) groups excluding carboxylic acids is 3. The molecule has 4 rings (SSSR count). The Morgan fingerprint density at radius 2 is 1.72 bits per heavy atom. The molecule has 2 radical (unpaired) electrons. The minimum atomic E-state index is -1.08. The van der Waals surface area contributed by atoms with Gasteiger partial charge < -0.3 is 20.4 Å². The Morgan fingerprint density at radius 1 is 1.03 bits per heavy atom. The van der Waals surface area contributed by atoms with E-state index in [9.17, 15) is 18.8 Å². The number of carbonyl (C=O) groups is 3. The summed E-state index contributed by atoms with van der Waals surface area (Å²) in [5.41, 5.74) is 2.99. The third-order valence-electron chi connectivity index (χ3n) is 5.70. The number of nitrogens with zero attached hydrogens (tertiary/aromatic N) is 2. The highest BCUT2D eigenvalue weighted by Gasteiger charge is 2.24. The summed E-state index contributed by atoms with van der Waals surface area (Å²) in [7, 11) is 5.25. The number of aromatic nitrogens is 3. The van der Waals surface area contributed by atoms with Gasteiger partial charge in [-0.25, -0.2) is 9.37 Å². The van der Waals surface area contributed by atoms with Crippen LogP contribution in [0.15, 0.2) is 60.9 Å². The number of benzene rings is 1. The Balaban J connectivity index is 1.62. The van der Waals surface area contributed by atoms with E-state index in [1.807, 2.05) is 12.1 Å². The molecule has 0 spiro atoms. The molecule has 9 nitrogen and oxygen atoms in total. The molecule has 1 aromatic carbocycles. The van der Waals surface area contributed by atoms with Crippen molar-refractivity contribution >= 4 is 42.4 Å². The van der Waals surface area contributed by atoms with Crippen molar-refractivity contribution in [3.63, 3.8) is 0 Å². The van der Waals surface area contributed by atoms with Gasteiger partial charge in [0, 0.05) is 29.8 Å². The van der Waals surface area contributed by atoms with Gasteiger partial charge in [-0.1, -0.05) is 0 Å². The maximum absolute atomic E-state index is 13.6. The fraction of sp³-hybridized carbons (Fsp3) is 0.250. The molecule has 1 atom stereocenters. The van der Waals surface area contributed by atoms with Crippen molar-refractivity contribution in [1.82, 2.24) is 20.3 Å². The highest BCUT2D eigenvalue weighted by molar-refractivity contribution is 6.57. The number of halogens is 1. The lowest BCUT2D eigenvalue weighted by molar-refractivity contribution is -0.155. The molecule has 3 heterocycles. The number of pyridine rings is 2. The molecule has 39 heavy (non-hydrogen) atoms. The first kappa shape index (κ1) is 27.5. The van der Waals surface area contributed by atoms with E-state index in [4.69, 9.17) is 12.6 Å². The zero-order valence-corrected chi connectivity index (χ0v) is 21.7. The Hall–Kier alpha value is -4.54. The molecule has 2 amide bonds. The lowest BCUT2D eigenvalue weighted by atomic mass is 10.00. The molecular weight excluding hydrogens is 500 g/mol. The van der Waals surface area contributed by atoms with Crippen LogP contribution < -0.4 is 10.6 Å². The fourth-order valence-corrected chi connectivity index (χ4v) is 4.10. The van der Waals surface area contributed by atoms with Crippen molar-refractivity contribution in [3.05, 3.63) is 66.7 Å². The number of H-pyrrole nitrogens is 1. The molecule has 0 saturated carbocycles. The van der Waals surface area contributed by atoms with E-state index in [2.05, 4.69) is 25.6 Å². The van der Waals surface area contributed by atoms with Gasteiger partial charge in [0.1, 0.15) is 28.9 Å². The number of esters is 1. The van der Waals surface area contributed by atoms with Gasteiger partial charge in [-0.05, 0) is 86.8 Å². The van der Waals surface area contributed by atoms with Crippen LogP contribution >= 0.6 is 0 Å². The van der Waals surface area contributed by atoms with Gasteiger partial charge >= 0.3 is 5.97 Å². The molecule has 0 bridgehead atoms. The van der Waals surface area contributed by atoms with E-state index in [0.29, 0.717) is 5.65 Å². The molecule has 3 N–H and O–H groups in total. The number of nitrogens with one attached hydrogen (secondary N) is 3. The van der Waals surface area contributed by atoms with Gasteiger partial charge in [-0.15, -0.1) is 0 Å². The highest BCUT2D eigenvalue weighted by atomic mass is 19.1. The van der Waals surface area contributed by atoms with Gasteiger partial charge in [-0.3, -0.25) is 19.4 Å². The van der Waals surface area contributed by atoms with E-state index in [-0.39, 0.29) is 24.5 Å². The molecule has 4 aromatic rings. The SMILES string of the molecule is [B]C(=O)N[C@@H](CCC(=O)OC(C)(C)C)C(=O)Nc1ccc2c(-c3ccncc3)c(-c3ccc(F)cc3)[nH]c2n1. The number of rotatable bonds is 8.